The molecule has 3 amide bonds. The zero-order valence-electron chi connectivity index (χ0n) is 21.4. The van der Waals surface area contributed by atoms with Gasteiger partial charge in [0.2, 0.25) is 12.3 Å². The quantitative estimate of drug-likeness (QED) is 0.133. The van der Waals surface area contributed by atoms with Gasteiger partial charge in [-0.2, -0.15) is 0 Å². The number of carbonyl (C=O) groups is 3. The van der Waals surface area contributed by atoms with E-state index in [9.17, 15) is 18.8 Å². The lowest BCUT2D eigenvalue weighted by atomic mass is 10.0. The highest BCUT2D eigenvalue weighted by molar-refractivity contribution is 5.93. The normalized spacial score (nSPS) is 11.4. The van der Waals surface area contributed by atoms with E-state index >= 15 is 0 Å². The van der Waals surface area contributed by atoms with Gasteiger partial charge in [0, 0.05) is 5.56 Å². The number of benzene rings is 2. The number of nitrogens with one attached hydrogen (secondary N) is 2. The third kappa shape index (κ3) is 9.08. The number of hydroxylamine groups is 2. The van der Waals surface area contributed by atoms with Gasteiger partial charge in [0.15, 0.2) is 0 Å². The van der Waals surface area contributed by atoms with Gasteiger partial charge in [-0.1, -0.05) is 62.6 Å². The number of aromatic nitrogens is 1. The average molecular weight is 521 g/mol. The van der Waals surface area contributed by atoms with Crippen molar-refractivity contribution in [3.05, 3.63) is 89.9 Å². The van der Waals surface area contributed by atoms with E-state index in [1.165, 1.54) is 12.1 Å². The molecule has 0 spiro atoms. The van der Waals surface area contributed by atoms with E-state index in [4.69, 9.17) is 4.84 Å². The Morgan fingerprint density at radius 3 is 2.47 bits per heavy atom. The number of carbonyl (C=O) groups excluding carboxylic acids is 3. The van der Waals surface area contributed by atoms with Crippen LogP contribution >= 0.6 is 0 Å². The fraction of sp³-hybridized carbons (Fsp3) is 0.310. The Labute approximate surface area is 222 Å². The van der Waals surface area contributed by atoms with Crippen LogP contribution in [0.3, 0.4) is 0 Å². The fourth-order valence-corrected chi connectivity index (χ4v) is 3.81. The smallest absolute Gasteiger partial charge is 0.271 e. The number of nitrogens with zero attached hydrogens (tertiary/aromatic N) is 2. The molecule has 200 valence electrons. The monoisotopic (exact) mass is 520 g/mol. The maximum Gasteiger partial charge on any atom is 0.271 e. The first-order valence-corrected chi connectivity index (χ1v) is 12.7. The summed E-state index contributed by atoms with van der Waals surface area (Å²) < 4.78 is 13.2. The number of hydrogen-bond acceptors (Lipinski definition) is 5. The summed E-state index contributed by atoms with van der Waals surface area (Å²) in [7, 11) is 0. The molecule has 9 heteroatoms. The van der Waals surface area contributed by atoms with Gasteiger partial charge in [0.25, 0.3) is 5.91 Å². The van der Waals surface area contributed by atoms with E-state index in [0.29, 0.717) is 24.1 Å². The zero-order valence-corrected chi connectivity index (χ0v) is 21.4. The number of pyridine rings is 1. The Hall–Kier alpha value is -4.11. The average Bonchev–Trinajstić information content (AvgIpc) is 2.95. The minimum Gasteiger partial charge on any atom is -0.338 e. The Kier molecular flexibility index (Phi) is 11.4. The summed E-state index contributed by atoms with van der Waals surface area (Å²) in [5.74, 6) is -1.60. The molecule has 1 heterocycles. The largest absolute Gasteiger partial charge is 0.338 e. The van der Waals surface area contributed by atoms with Gasteiger partial charge in [-0.3, -0.25) is 19.2 Å². The summed E-state index contributed by atoms with van der Waals surface area (Å²) in [6, 6.07) is 20.2. The zero-order chi connectivity index (χ0) is 27.2. The molecule has 0 radical (unpaired) electrons. The summed E-state index contributed by atoms with van der Waals surface area (Å²) in [4.78, 5) is 47.1. The summed E-state index contributed by atoms with van der Waals surface area (Å²) in [5, 5.41) is 6.52. The maximum atomic E-state index is 13.2. The first-order valence-electron chi connectivity index (χ1n) is 12.7. The Bertz CT molecular complexity index is 1170. The van der Waals surface area contributed by atoms with Crippen LogP contribution in [0.2, 0.25) is 0 Å². The minimum absolute atomic E-state index is 0.0983. The van der Waals surface area contributed by atoms with Crippen LogP contribution in [0.25, 0.3) is 11.3 Å². The molecule has 0 fully saturated rings. The highest BCUT2D eigenvalue weighted by atomic mass is 19.1. The molecule has 0 saturated heterocycles. The first-order chi connectivity index (χ1) is 18.5. The molecule has 0 bridgehead atoms. The van der Waals surface area contributed by atoms with Gasteiger partial charge in [-0.15, -0.1) is 0 Å². The molecule has 3 aromatic rings. The fourth-order valence-electron chi connectivity index (χ4n) is 3.81. The van der Waals surface area contributed by atoms with E-state index in [2.05, 4.69) is 22.5 Å². The van der Waals surface area contributed by atoms with Gasteiger partial charge in [0.05, 0.1) is 24.8 Å². The lowest BCUT2D eigenvalue weighted by molar-refractivity contribution is -0.182. The molecule has 3 rings (SSSR count). The van der Waals surface area contributed by atoms with Gasteiger partial charge < -0.3 is 10.6 Å². The molecular weight excluding hydrogens is 487 g/mol. The van der Waals surface area contributed by atoms with Crippen molar-refractivity contribution in [2.24, 2.45) is 5.92 Å². The van der Waals surface area contributed by atoms with Crippen LogP contribution < -0.4 is 10.6 Å². The van der Waals surface area contributed by atoms with Crippen LogP contribution in [-0.4, -0.2) is 41.5 Å². The highest BCUT2D eigenvalue weighted by Gasteiger charge is 2.22. The topological polar surface area (TPSA) is 101 Å². The third-order valence-corrected chi connectivity index (χ3v) is 5.92. The van der Waals surface area contributed by atoms with Crippen molar-refractivity contribution < 1.29 is 23.6 Å². The molecule has 38 heavy (non-hydrogen) atoms. The molecular formula is C29H33FN4O4. The van der Waals surface area contributed by atoms with Crippen LogP contribution in [-0.2, 0) is 21.0 Å². The van der Waals surface area contributed by atoms with Crippen LogP contribution in [0.4, 0.5) is 4.39 Å². The van der Waals surface area contributed by atoms with E-state index in [0.717, 1.165) is 29.9 Å². The molecule has 0 aliphatic carbocycles. The summed E-state index contributed by atoms with van der Waals surface area (Å²) >= 11 is 0. The van der Waals surface area contributed by atoms with E-state index < -0.39 is 11.8 Å². The van der Waals surface area contributed by atoms with Crippen LogP contribution in [0.1, 0.15) is 48.7 Å². The number of amides is 3. The predicted molar refractivity (Wildman–Crippen MR) is 142 cm³/mol. The number of hydrogen-bond donors (Lipinski definition) is 2. The summed E-state index contributed by atoms with van der Waals surface area (Å²) in [6.07, 6.45) is 3.93. The minimum atomic E-state index is -0.501. The number of halogens is 1. The van der Waals surface area contributed by atoms with Crippen molar-refractivity contribution in [3.63, 3.8) is 0 Å². The second kappa shape index (κ2) is 15.2. The number of rotatable bonds is 15. The van der Waals surface area contributed by atoms with E-state index in [1.807, 2.05) is 30.3 Å². The Balaban J connectivity index is 1.54. The molecule has 0 saturated carbocycles. The Morgan fingerprint density at radius 2 is 1.76 bits per heavy atom. The van der Waals surface area contributed by atoms with Crippen molar-refractivity contribution in [2.45, 2.75) is 39.2 Å². The SMILES string of the molecule is CCCCC[C@H](CN(C=O)OCc1ccccc1)C(=O)NCNC(=O)c1cccc(-c2ccc(F)cc2)n1. The lowest BCUT2D eigenvalue weighted by Gasteiger charge is -2.23. The van der Waals surface area contributed by atoms with Crippen molar-refractivity contribution in [1.82, 2.24) is 20.7 Å². The molecule has 8 nitrogen and oxygen atoms in total. The van der Waals surface area contributed by atoms with Crippen LogP contribution in [0.15, 0.2) is 72.8 Å². The van der Waals surface area contributed by atoms with Crippen molar-refractivity contribution >= 4 is 18.2 Å². The van der Waals surface area contributed by atoms with Gasteiger partial charge >= 0.3 is 0 Å². The molecule has 0 aliphatic rings. The predicted octanol–water partition coefficient (Wildman–Crippen LogP) is 4.48. The third-order valence-electron chi connectivity index (χ3n) is 5.92. The second-order valence-electron chi connectivity index (χ2n) is 8.80. The number of unbranched alkanes of at least 4 members (excludes halogenated alkanes) is 2. The lowest BCUT2D eigenvalue weighted by Crippen LogP contribution is -2.43. The molecule has 1 aromatic heterocycles. The van der Waals surface area contributed by atoms with Crippen LogP contribution in [0, 0.1) is 11.7 Å². The van der Waals surface area contributed by atoms with E-state index in [1.54, 1.807) is 30.3 Å². The maximum absolute atomic E-state index is 13.2. The highest BCUT2D eigenvalue weighted by Crippen LogP contribution is 2.18. The summed E-state index contributed by atoms with van der Waals surface area (Å²) in [5.41, 5.74) is 2.29. The molecule has 0 unspecified atom stereocenters. The van der Waals surface area contributed by atoms with E-state index in [-0.39, 0.29) is 37.2 Å². The van der Waals surface area contributed by atoms with Crippen molar-refractivity contribution in [3.8, 4) is 11.3 Å². The second-order valence-corrected chi connectivity index (χ2v) is 8.80. The molecule has 2 aromatic carbocycles. The van der Waals surface area contributed by atoms with Crippen LogP contribution in [0.5, 0.6) is 0 Å². The standard InChI is InChI=1S/C29H33FN4O4/c1-2-3-5-11-24(18-34(21-35)38-19-22-9-6-4-7-10-22)28(36)31-20-32-29(37)27-13-8-12-26(33-27)23-14-16-25(30)17-15-23/h4,6-10,12-17,21,24H,2-3,5,11,18-20H2,1H3,(H,31,36)(H,32,37)/t24-/m1/s1. The van der Waals surface area contributed by atoms with Gasteiger partial charge in [-0.05, 0) is 48.4 Å². The summed E-state index contributed by atoms with van der Waals surface area (Å²) in [6.45, 7) is 2.28. The first kappa shape index (κ1) is 28.5. The molecule has 0 aliphatic heterocycles. The molecule has 1 atom stereocenters. The molecule has 2 N–H and O–H groups in total. The Morgan fingerprint density at radius 1 is 1.00 bits per heavy atom. The van der Waals surface area contributed by atoms with Crippen molar-refractivity contribution in [2.75, 3.05) is 13.2 Å². The van der Waals surface area contributed by atoms with Gasteiger partial charge in [-0.25, -0.2) is 14.4 Å². The van der Waals surface area contributed by atoms with Crippen molar-refractivity contribution in [1.29, 1.82) is 0 Å². The van der Waals surface area contributed by atoms with Gasteiger partial charge in [0.1, 0.15) is 18.1 Å².